The summed E-state index contributed by atoms with van der Waals surface area (Å²) in [6.45, 7) is 3.14. The topological polar surface area (TPSA) is 52.7 Å². The smallest absolute Gasteiger partial charge is 0.0595 e. The first kappa shape index (κ1) is 11.9. The summed E-state index contributed by atoms with van der Waals surface area (Å²) in [4.78, 5) is 4.64. The standard InChI is InChI=1S/C10H23N3O/c1-12(2)10-3-5-13(6-4-10)7-9(11)8-14/h9-10,14H,3-8,11H2,1-2H3. The van der Waals surface area contributed by atoms with Crippen LogP contribution in [0.15, 0.2) is 0 Å². The Kier molecular flexibility index (Phi) is 4.81. The van der Waals surface area contributed by atoms with Gasteiger partial charge in [0.25, 0.3) is 0 Å². The first-order chi connectivity index (χ1) is 6.63. The van der Waals surface area contributed by atoms with Crippen LogP contribution in [0.2, 0.25) is 0 Å². The molecule has 4 nitrogen and oxygen atoms in total. The quantitative estimate of drug-likeness (QED) is 0.633. The van der Waals surface area contributed by atoms with Crippen LogP contribution in [0.3, 0.4) is 0 Å². The van der Waals surface area contributed by atoms with Crippen LogP contribution in [0.1, 0.15) is 12.8 Å². The van der Waals surface area contributed by atoms with Crippen molar-refractivity contribution >= 4 is 0 Å². The van der Waals surface area contributed by atoms with E-state index in [1.54, 1.807) is 0 Å². The molecular weight excluding hydrogens is 178 g/mol. The summed E-state index contributed by atoms with van der Waals surface area (Å²) in [6, 6.07) is 0.641. The molecule has 84 valence electrons. The highest BCUT2D eigenvalue weighted by atomic mass is 16.3. The lowest BCUT2D eigenvalue weighted by molar-refractivity contribution is 0.128. The summed E-state index contributed by atoms with van der Waals surface area (Å²) in [6.07, 6.45) is 2.43. The van der Waals surface area contributed by atoms with Gasteiger partial charge >= 0.3 is 0 Å². The van der Waals surface area contributed by atoms with Gasteiger partial charge in [0.05, 0.1) is 6.61 Å². The molecule has 0 saturated carbocycles. The fraction of sp³-hybridized carbons (Fsp3) is 1.00. The lowest BCUT2D eigenvalue weighted by Gasteiger charge is -2.36. The van der Waals surface area contributed by atoms with Crippen molar-refractivity contribution in [1.29, 1.82) is 0 Å². The molecule has 0 bridgehead atoms. The van der Waals surface area contributed by atoms with E-state index in [0.717, 1.165) is 25.7 Å². The number of likely N-dealkylation sites (tertiary alicyclic amines) is 1. The summed E-state index contributed by atoms with van der Waals surface area (Å²) in [7, 11) is 4.28. The molecule has 4 heteroatoms. The van der Waals surface area contributed by atoms with E-state index in [-0.39, 0.29) is 12.6 Å². The molecule has 14 heavy (non-hydrogen) atoms. The predicted molar refractivity (Wildman–Crippen MR) is 58.2 cm³/mol. The summed E-state index contributed by atoms with van der Waals surface area (Å²) in [5, 5.41) is 8.85. The van der Waals surface area contributed by atoms with Crippen molar-refractivity contribution in [1.82, 2.24) is 9.80 Å². The second-order valence-electron chi connectivity index (χ2n) is 4.44. The van der Waals surface area contributed by atoms with E-state index in [9.17, 15) is 0 Å². The van der Waals surface area contributed by atoms with Crippen LogP contribution in [0.25, 0.3) is 0 Å². The third kappa shape index (κ3) is 3.53. The van der Waals surface area contributed by atoms with Crippen LogP contribution in [0.5, 0.6) is 0 Å². The van der Waals surface area contributed by atoms with Crippen LogP contribution in [-0.2, 0) is 0 Å². The van der Waals surface area contributed by atoms with E-state index in [2.05, 4.69) is 23.9 Å². The summed E-state index contributed by atoms with van der Waals surface area (Å²) < 4.78 is 0. The molecule has 0 aromatic rings. The average Bonchev–Trinajstić information content (AvgIpc) is 2.18. The van der Waals surface area contributed by atoms with E-state index in [4.69, 9.17) is 10.8 Å². The molecule has 1 atom stereocenters. The second-order valence-corrected chi connectivity index (χ2v) is 4.44. The highest BCUT2D eigenvalue weighted by Crippen LogP contribution is 2.13. The molecule has 0 spiro atoms. The molecule has 1 fully saturated rings. The van der Waals surface area contributed by atoms with E-state index >= 15 is 0 Å². The molecule has 1 unspecified atom stereocenters. The summed E-state index contributed by atoms with van der Waals surface area (Å²) in [5.41, 5.74) is 5.70. The molecule has 0 aromatic carbocycles. The largest absolute Gasteiger partial charge is 0.395 e. The van der Waals surface area contributed by atoms with Crippen molar-refractivity contribution < 1.29 is 5.11 Å². The Balaban J connectivity index is 2.22. The van der Waals surface area contributed by atoms with Gasteiger partial charge in [0, 0.05) is 18.6 Å². The number of aliphatic hydroxyl groups is 1. The van der Waals surface area contributed by atoms with E-state index in [1.807, 2.05) is 0 Å². The Labute approximate surface area is 86.7 Å². The maximum Gasteiger partial charge on any atom is 0.0595 e. The number of nitrogens with zero attached hydrogens (tertiary/aromatic N) is 2. The zero-order valence-corrected chi connectivity index (χ0v) is 9.32. The van der Waals surface area contributed by atoms with Crippen LogP contribution in [0, 0.1) is 0 Å². The molecule has 0 aromatic heterocycles. The lowest BCUT2D eigenvalue weighted by atomic mass is 10.0. The van der Waals surface area contributed by atoms with Gasteiger partial charge in [-0.3, -0.25) is 0 Å². The Morgan fingerprint density at radius 2 is 2.00 bits per heavy atom. The summed E-state index contributed by atoms with van der Waals surface area (Å²) in [5.74, 6) is 0. The van der Waals surface area contributed by atoms with Gasteiger partial charge in [-0.15, -0.1) is 0 Å². The number of hydrogen-bond acceptors (Lipinski definition) is 4. The van der Waals surface area contributed by atoms with Crippen LogP contribution in [-0.4, -0.2) is 67.3 Å². The minimum absolute atomic E-state index is 0.0779. The Morgan fingerprint density at radius 3 is 2.43 bits per heavy atom. The fourth-order valence-corrected chi connectivity index (χ4v) is 2.01. The number of piperidine rings is 1. The van der Waals surface area contributed by atoms with Gasteiger partial charge in [-0.2, -0.15) is 0 Å². The number of aliphatic hydroxyl groups excluding tert-OH is 1. The van der Waals surface area contributed by atoms with Gasteiger partial charge in [0.2, 0.25) is 0 Å². The molecule has 1 rings (SSSR count). The molecule has 0 radical (unpaired) electrons. The highest BCUT2D eigenvalue weighted by Gasteiger charge is 2.21. The van der Waals surface area contributed by atoms with Gasteiger partial charge in [-0.05, 0) is 40.0 Å². The first-order valence-electron chi connectivity index (χ1n) is 5.38. The first-order valence-corrected chi connectivity index (χ1v) is 5.38. The zero-order chi connectivity index (χ0) is 10.6. The molecule has 1 aliphatic rings. The van der Waals surface area contributed by atoms with E-state index in [1.165, 1.54) is 12.8 Å². The molecule has 1 heterocycles. The van der Waals surface area contributed by atoms with Crippen molar-refractivity contribution in [2.24, 2.45) is 5.73 Å². The van der Waals surface area contributed by atoms with Crippen molar-refractivity contribution in [3.63, 3.8) is 0 Å². The Hall–Kier alpha value is -0.160. The van der Waals surface area contributed by atoms with Crippen molar-refractivity contribution in [3.05, 3.63) is 0 Å². The molecular formula is C10H23N3O. The van der Waals surface area contributed by atoms with Gasteiger partial charge in [0.15, 0.2) is 0 Å². The normalized spacial score (nSPS) is 22.9. The van der Waals surface area contributed by atoms with Gasteiger partial charge < -0.3 is 20.6 Å². The minimum Gasteiger partial charge on any atom is -0.395 e. The summed E-state index contributed by atoms with van der Waals surface area (Å²) >= 11 is 0. The molecule has 3 N–H and O–H groups in total. The second kappa shape index (κ2) is 5.66. The van der Waals surface area contributed by atoms with Crippen molar-refractivity contribution in [3.8, 4) is 0 Å². The van der Waals surface area contributed by atoms with Gasteiger partial charge in [-0.1, -0.05) is 0 Å². The lowest BCUT2D eigenvalue weighted by Crippen LogP contribution is -2.47. The molecule has 1 aliphatic heterocycles. The zero-order valence-electron chi connectivity index (χ0n) is 9.32. The third-order valence-corrected chi connectivity index (χ3v) is 3.01. The van der Waals surface area contributed by atoms with Gasteiger partial charge in [0.1, 0.15) is 0 Å². The van der Waals surface area contributed by atoms with Gasteiger partial charge in [-0.25, -0.2) is 0 Å². The minimum atomic E-state index is -0.0779. The van der Waals surface area contributed by atoms with Crippen LogP contribution < -0.4 is 5.73 Å². The van der Waals surface area contributed by atoms with Crippen molar-refractivity contribution in [2.75, 3.05) is 40.3 Å². The molecule has 0 amide bonds. The Morgan fingerprint density at radius 1 is 1.43 bits per heavy atom. The average molecular weight is 201 g/mol. The Bertz CT molecular complexity index is 155. The SMILES string of the molecule is CN(C)C1CCN(CC(N)CO)CC1. The maximum atomic E-state index is 8.85. The monoisotopic (exact) mass is 201 g/mol. The van der Waals surface area contributed by atoms with E-state index < -0.39 is 0 Å². The van der Waals surface area contributed by atoms with Crippen molar-refractivity contribution in [2.45, 2.75) is 24.9 Å². The molecule has 1 saturated heterocycles. The van der Waals surface area contributed by atoms with E-state index in [0.29, 0.717) is 0 Å². The number of nitrogens with two attached hydrogens (primary N) is 1. The highest BCUT2D eigenvalue weighted by molar-refractivity contribution is 4.78. The number of hydrogen-bond donors (Lipinski definition) is 2. The molecule has 0 aliphatic carbocycles. The number of rotatable bonds is 4. The third-order valence-electron chi connectivity index (χ3n) is 3.01. The van der Waals surface area contributed by atoms with Crippen LogP contribution in [0.4, 0.5) is 0 Å². The van der Waals surface area contributed by atoms with Crippen LogP contribution >= 0.6 is 0 Å². The predicted octanol–water partition coefficient (Wildman–Crippen LogP) is -0.668. The fourth-order valence-electron chi connectivity index (χ4n) is 2.01. The maximum absolute atomic E-state index is 8.85.